The average molecular weight is 406 g/mol. The zero-order valence-corrected chi connectivity index (χ0v) is 16.5. The standard InChI is InChI=1S/C12H14O13.K.H/c13-5(14)1-11(24,9(20)21)4-8(19)25-12(10(22)23,2-6(15)16)3-7(17)18;;/h24H,1-4H2,(H,13,14)(H,15,16)(H,17,18)(H,20,21)(H,22,23);;/q;+1;-1. The summed E-state index contributed by atoms with van der Waals surface area (Å²) in [5.41, 5.74) is -6.24. The maximum absolute atomic E-state index is 11.7. The summed E-state index contributed by atoms with van der Waals surface area (Å²) in [6, 6.07) is 0. The Balaban J connectivity index is -0.00000288. The van der Waals surface area contributed by atoms with Gasteiger partial charge in [-0.2, -0.15) is 0 Å². The second kappa shape index (κ2) is 10.5. The Bertz CT molecular complexity index is 602. The number of carboxylic acid groups (broad SMARTS) is 5. The van der Waals surface area contributed by atoms with E-state index in [-0.39, 0.29) is 52.8 Å². The molecular formula is C12H15KO13. The van der Waals surface area contributed by atoms with Crippen molar-refractivity contribution in [2.45, 2.75) is 36.9 Å². The van der Waals surface area contributed by atoms with Crippen LogP contribution < -0.4 is 51.4 Å². The van der Waals surface area contributed by atoms with E-state index in [1.165, 1.54) is 0 Å². The Morgan fingerprint density at radius 3 is 1.35 bits per heavy atom. The Morgan fingerprint density at radius 2 is 1.08 bits per heavy atom. The van der Waals surface area contributed by atoms with Crippen molar-refractivity contribution < 1.29 is 117 Å². The van der Waals surface area contributed by atoms with Crippen molar-refractivity contribution in [3.05, 3.63) is 0 Å². The number of carboxylic acids is 5. The summed E-state index contributed by atoms with van der Waals surface area (Å²) in [6.07, 6.45) is -5.94. The van der Waals surface area contributed by atoms with E-state index in [1.54, 1.807) is 0 Å². The van der Waals surface area contributed by atoms with Crippen LogP contribution in [0.25, 0.3) is 0 Å². The van der Waals surface area contributed by atoms with E-state index in [0.29, 0.717) is 0 Å². The molecule has 0 aliphatic rings. The minimum absolute atomic E-state index is 0. The smallest absolute Gasteiger partial charge is 1.00 e. The van der Waals surface area contributed by atoms with Gasteiger partial charge in [0.2, 0.25) is 5.60 Å². The van der Waals surface area contributed by atoms with Gasteiger partial charge in [0.15, 0.2) is 5.60 Å². The van der Waals surface area contributed by atoms with Gasteiger partial charge in [0.05, 0.1) is 25.7 Å². The van der Waals surface area contributed by atoms with Crippen LogP contribution in [0.2, 0.25) is 0 Å². The maximum Gasteiger partial charge on any atom is 1.00 e. The van der Waals surface area contributed by atoms with Crippen LogP contribution in [0.5, 0.6) is 0 Å². The number of esters is 1. The maximum atomic E-state index is 11.7. The van der Waals surface area contributed by atoms with Crippen LogP contribution in [-0.2, 0) is 33.5 Å². The summed E-state index contributed by atoms with van der Waals surface area (Å²) >= 11 is 0. The van der Waals surface area contributed by atoms with E-state index in [4.69, 9.17) is 25.5 Å². The van der Waals surface area contributed by atoms with E-state index in [9.17, 15) is 33.9 Å². The molecule has 14 heteroatoms. The molecule has 0 aliphatic heterocycles. The molecule has 1 unspecified atom stereocenters. The largest absolute Gasteiger partial charge is 1.00 e. The van der Waals surface area contributed by atoms with Crippen LogP contribution in [-0.4, -0.2) is 77.7 Å². The number of ether oxygens (including phenoxy) is 1. The molecule has 0 radical (unpaired) electrons. The van der Waals surface area contributed by atoms with Gasteiger partial charge in [0, 0.05) is 0 Å². The number of rotatable bonds is 11. The Kier molecular flexibility index (Phi) is 10.8. The molecule has 142 valence electrons. The molecule has 13 nitrogen and oxygen atoms in total. The number of aliphatic hydroxyl groups is 1. The van der Waals surface area contributed by atoms with E-state index < -0.39 is 72.7 Å². The number of hydrogen-bond donors (Lipinski definition) is 6. The minimum Gasteiger partial charge on any atom is -1.00 e. The van der Waals surface area contributed by atoms with Crippen molar-refractivity contribution in [2.24, 2.45) is 0 Å². The van der Waals surface area contributed by atoms with Crippen LogP contribution in [0.3, 0.4) is 0 Å². The Labute approximate surface area is 188 Å². The van der Waals surface area contributed by atoms with Gasteiger partial charge in [-0.25, -0.2) is 9.59 Å². The van der Waals surface area contributed by atoms with Crippen molar-refractivity contribution in [2.75, 3.05) is 0 Å². The van der Waals surface area contributed by atoms with Gasteiger partial charge < -0.3 is 36.8 Å². The van der Waals surface area contributed by atoms with Gasteiger partial charge in [-0.1, -0.05) is 0 Å². The monoisotopic (exact) mass is 406 g/mol. The normalized spacial score (nSPS) is 12.8. The zero-order valence-electron chi connectivity index (χ0n) is 14.4. The molecular weight excluding hydrogens is 391 g/mol. The quantitative estimate of drug-likeness (QED) is 0.140. The molecule has 26 heavy (non-hydrogen) atoms. The van der Waals surface area contributed by atoms with Gasteiger partial charge in [-0.3, -0.25) is 19.2 Å². The van der Waals surface area contributed by atoms with Crippen LogP contribution in [0, 0.1) is 0 Å². The summed E-state index contributed by atoms with van der Waals surface area (Å²) in [5, 5.41) is 53.5. The fraction of sp³-hybridized carbons (Fsp3) is 0.500. The summed E-state index contributed by atoms with van der Waals surface area (Å²) in [7, 11) is 0. The van der Waals surface area contributed by atoms with Gasteiger partial charge in [-0.15, -0.1) is 0 Å². The van der Waals surface area contributed by atoms with Crippen molar-refractivity contribution in [3.8, 4) is 0 Å². The van der Waals surface area contributed by atoms with Gasteiger partial charge in [0.1, 0.15) is 0 Å². The number of aliphatic carboxylic acids is 5. The van der Waals surface area contributed by atoms with Gasteiger partial charge >= 0.3 is 87.2 Å². The first-order chi connectivity index (χ1) is 11.2. The number of hydrogen-bond acceptors (Lipinski definition) is 8. The van der Waals surface area contributed by atoms with E-state index >= 15 is 0 Å². The zero-order chi connectivity index (χ0) is 20.0. The molecule has 1 atom stereocenters. The topological polar surface area (TPSA) is 233 Å². The van der Waals surface area contributed by atoms with E-state index in [0.717, 1.165) is 0 Å². The van der Waals surface area contributed by atoms with Crippen LogP contribution in [0.15, 0.2) is 0 Å². The fourth-order valence-electron chi connectivity index (χ4n) is 1.77. The molecule has 6 N–H and O–H groups in total. The molecule has 0 aliphatic carbocycles. The van der Waals surface area contributed by atoms with Crippen molar-refractivity contribution in [3.63, 3.8) is 0 Å². The van der Waals surface area contributed by atoms with Crippen LogP contribution >= 0.6 is 0 Å². The fourth-order valence-corrected chi connectivity index (χ4v) is 1.77. The first-order valence-electron chi connectivity index (χ1n) is 6.30. The second-order valence-corrected chi connectivity index (χ2v) is 5.00. The first-order valence-corrected chi connectivity index (χ1v) is 6.30. The molecule has 0 aromatic carbocycles. The minimum atomic E-state index is -3.17. The summed E-state index contributed by atoms with van der Waals surface area (Å²) < 4.78 is 4.33. The van der Waals surface area contributed by atoms with Crippen molar-refractivity contribution in [1.29, 1.82) is 0 Å². The number of carbonyl (C=O) groups is 6. The van der Waals surface area contributed by atoms with Gasteiger partial charge in [-0.05, 0) is 0 Å². The third-order valence-corrected chi connectivity index (χ3v) is 2.85. The van der Waals surface area contributed by atoms with Gasteiger partial charge in [0.25, 0.3) is 0 Å². The number of carbonyl (C=O) groups excluding carboxylic acids is 1. The third kappa shape index (κ3) is 8.20. The molecule has 0 spiro atoms. The molecule has 0 rings (SSSR count). The SMILES string of the molecule is O=C(O)CC(O)(CC(=O)OC(CC(=O)O)(CC(=O)O)C(=O)O)C(=O)O.[H-].[K+]. The van der Waals surface area contributed by atoms with Crippen molar-refractivity contribution >= 4 is 35.8 Å². The molecule has 0 heterocycles. The second-order valence-electron chi connectivity index (χ2n) is 5.00. The average Bonchev–Trinajstić information content (AvgIpc) is 2.34. The van der Waals surface area contributed by atoms with Crippen molar-refractivity contribution in [1.82, 2.24) is 0 Å². The molecule has 0 aromatic rings. The summed E-state index contributed by atoms with van der Waals surface area (Å²) in [5.74, 6) is -11.6. The summed E-state index contributed by atoms with van der Waals surface area (Å²) in [6.45, 7) is 0. The predicted molar refractivity (Wildman–Crippen MR) is 71.5 cm³/mol. The molecule has 0 amide bonds. The third-order valence-electron chi connectivity index (χ3n) is 2.85. The van der Waals surface area contributed by atoms with E-state index in [1.807, 2.05) is 0 Å². The first kappa shape index (κ1) is 26.6. The summed E-state index contributed by atoms with van der Waals surface area (Å²) in [4.78, 5) is 66.0. The van der Waals surface area contributed by atoms with Crippen LogP contribution in [0.4, 0.5) is 0 Å². The molecule has 0 aromatic heterocycles. The molecule has 0 saturated carbocycles. The Hall–Kier alpha value is -1.58. The van der Waals surface area contributed by atoms with Crippen LogP contribution in [0.1, 0.15) is 27.1 Å². The molecule has 0 bridgehead atoms. The van der Waals surface area contributed by atoms with E-state index in [2.05, 4.69) is 4.74 Å². The Morgan fingerprint density at radius 1 is 0.692 bits per heavy atom. The molecule has 0 saturated heterocycles. The molecule has 0 fully saturated rings. The predicted octanol–water partition coefficient (Wildman–Crippen LogP) is -4.90.